The maximum absolute atomic E-state index is 13.1. The van der Waals surface area contributed by atoms with Gasteiger partial charge in [-0.25, -0.2) is 9.18 Å². The van der Waals surface area contributed by atoms with E-state index in [1.807, 2.05) is 0 Å². The molecule has 0 aliphatic rings. The highest BCUT2D eigenvalue weighted by atomic mass is 35.5. The highest BCUT2D eigenvalue weighted by Gasteiger charge is 2.12. The van der Waals surface area contributed by atoms with Crippen LogP contribution in [0.4, 0.5) is 4.39 Å². The molecule has 0 fully saturated rings. The quantitative estimate of drug-likeness (QED) is 0.746. The molecule has 0 atom stereocenters. The largest absolute Gasteiger partial charge is 0.477 e. The number of carboxylic acids is 1. The molecule has 0 aliphatic heterocycles. The molecule has 2 nitrogen and oxygen atoms in total. The minimum atomic E-state index is -1.47. The van der Waals surface area contributed by atoms with Crippen molar-refractivity contribution in [2.75, 3.05) is 0 Å². The van der Waals surface area contributed by atoms with Gasteiger partial charge in [0.15, 0.2) is 10.9 Å². The van der Waals surface area contributed by atoms with Crippen molar-refractivity contribution >= 4 is 23.4 Å². The summed E-state index contributed by atoms with van der Waals surface area (Å²) in [5, 5.41) is 7.58. The van der Waals surface area contributed by atoms with E-state index in [1.165, 1.54) is 12.1 Å². The predicted molar refractivity (Wildman–Crippen MR) is 48.0 cm³/mol. The molecule has 13 heavy (non-hydrogen) atoms. The highest BCUT2D eigenvalue weighted by Crippen LogP contribution is 2.22. The second-order valence-electron chi connectivity index (χ2n) is 2.30. The topological polar surface area (TPSA) is 37.3 Å². The van der Waals surface area contributed by atoms with Crippen LogP contribution < -0.4 is 0 Å². The van der Waals surface area contributed by atoms with Gasteiger partial charge >= 0.3 is 5.97 Å². The monoisotopic (exact) mass is 200 g/mol. The number of carbonyl (C=O) groups is 1. The zero-order valence-electron chi connectivity index (χ0n) is 6.50. The van der Waals surface area contributed by atoms with Crippen LogP contribution in [0, 0.1) is 0 Å². The van der Waals surface area contributed by atoms with E-state index in [4.69, 9.17) is 16.7 Å². The molecule has 0 unspecified atom stereocenters. The summed E-state index contributed by atoms with van der Waals surface area (Å²) in [7, 11) is 0. The van der Waals surface area contributed by atoms with E-state index < -0.39 is 16.8 Å². The lowest BCUT2D eigenvalue weighted by Crippen LogP contribution is -1.96. The summed E-state index contributed by atoms with van der Waals surface area (Å²) in [6.45, 7) is 0. The third-order valence-electron chi connectivity index (χ3n) is 1.41. The van der Waals surface area contributed by atoms with Gasteiger partial charge in [0, 0.05) is 5.56 Å². The lowest BCUT2D eigenvalue weighted by Gasteiger charge is -1.97. The van der Waals surface area contributed by atoms with E-state index >= 15 is 0 Å². The molecule has 0 spiro atoms. The molecule has 0 aromatic heterocycles. The van der Waals surface area contributed by atoms with Gasteiger partial charge in [-0.1, -0.05) is 41.9 Å². The van der Waals surface area contributed by atoms with Crippen LogP contribution in [0.3, 0.4) is 0 Å². The Morgan fingerprint density at radius 2 is 1.85 bits per heavy atom. The molecule has 0 saturated heterocycles. The first-order valence-electron chi connectivity index (χ1n) is 3.47. The summed E-state index contributed by atoms with van der Waals surface area (Å²) < 4.78 is 13.1. The Bertz CT molecular complexity index is 346. The van der Waals surface area contributed by atoms with E-state index in [1.54, 1.807) is 18.2 Å². The number of rotatable bonds is 2. The first kappa shape index (κ1) is 9.74. The lowest BCUT2D eigenvalue weighted by molar-refractivity contribution is -0.131. The molecular weight excluding hydrogens is 195 g/mol. The van der Waals surface area contributed by atoms with Gasteiger partial charge in [0.2, 0.25) is 0 Å². The average Bonchev–Trinajstić information content (AvgIpc) is 2.17. The number of benzene rings is 1. The maximum atomic E-state index is 13.1. The first-order valence-corrected chi connectivity index (χ1v) is 3.84. The Balaban J connectivity index is 3.11. The van der Waals surface area contributed by atoms with Crippen LogP contribution in [0.25, 0.3) is 5.83 Å². The van der Waals surface area contributed by atoms with Crippen LogP contribution >= 0.6 is 11.6 Å². The fourth-order valence-electron chi connectivity index (χ4n) is 0.805. The fourth-order valence-corrected chi connectivity index (χ4v) is 0.914. The molecule has 0 amide bonds. The van der Waals surface area contributed by atoms with Gasteiger partial charge in [0.25, 0.3) is 0 Å². The van der Waals surface area contributed by atoms with Crippen LogP contribution in [0.2, 0.25) is 0 Å². The van der Waals surface area contributed by atoms with Gasteiger partial charge < -0.3 is 5.11 Å². The van der Waals surface area contributed by atoms with Crippen LogP contribution in [-0.2, 0) is 4.79 Å². The van der Waals surface area contributed by atoms with Gasteiger partial charge in [-0.3, -0.25) is 0 Å². The standard InChI is InChI=1S/C9H6ClFO2/c10-7(9(12)13)8(11)6-4-2-1-3-5-6/h1-5H,(H,12,13)/b8-7+. The summed E-state index contributed by atoms with van der Waals surface area (Å²) in [4.78, 5) is 10.3. The molecule has 1 N–H and O–H groups in total. The fraction of sp³-hybridized carbons (Fsp3) is 0. The van der Waals surface area contributed by atoms with Crippen LogP contribution in [0.15, 0.2) is 35.4 Å². The maximum Gasteiger partial charge on any atom is 0.350 e. The van der Waals surface area contributed by atoms with E-state index in [2.05, 4.69) is 0 Å². The van der Waals surface area contributed by atoms with Crippen LogP contribution in [-0.4, -0.2) is 11.1 Å². The molecule has 4 heteroatoms. The Kier molecular flexibility index (Phi) is 3.03. The minimum absolute atomic E-state index is 0.162. The minimum Gasteiger partial charge on any atom is -0.477 e. The van der Waals surface area contributed by atoms with Crippen molar-refractivity contribution in [3.63, 3.8) is 0 Å². The number of aliphatic carboxylic acids is 1. The average molecular weight is 201 g/mol. The van der Waals surface area contributed by atoms with Gasteiger partial charge in [-0.2, -0.15) is 0 Å². The molecular formula is C9H6ClFO2. The predicted octanol–water partition coefficient (Wildman–Crippen LogP) is 2.65. The second-order valence-corrected chi connectivity index (χ2v) is 2.68. The van der Waals surface area contributed by atoms with Crippen LogP contribution in [0.1, 0.15) is 5.56 Å². The Labute approximate surface area is 79.3 Å². The van der Waals surface area contributed by atoms with E-state index in [0.29, 0.717) is 0 Å². The highest BCUT2D eigenvalue weighted by molar-refractivity contribution is 6.43. The summed E-state index contributed by atoms with van der Waals surface area (Å²) in [5.41, 5.74) is 0.162. The van der Waals surface area contributed by atoms with Crippen molar-refractivity contribution < 1.29 is 14.3 Å². The number of carboxylic acid groups (broad SMARTS) is 1. The Morgan fingerprint density at radius 1 is 1.31 bits per heavy atom. The molecule has 0 bridgehead atoms. The van der Waals surface area contributed by atoms with Gasteiger partial charge in [-0.05, 0) is 0 Å². The first-order chi connectivity index (χ1) is 6.13. The van der Waals surface area contributed by atoms with Crippen molar-refractivity contribution in [3.8, 4) is 0 Å². The van der Waals surface area contributed by atoms with Gasteiger partial charge in [-0.15, -0.1) is 0 Å². The molecule has 0 heterocycles. The van der Waals surface area contributed by atoms with Crippen molar-refractivity contribution in [2.24, 2.45) is 0 Å². The summed E-state index contributed by atoms with van der Waals surface area (Å²) in [6, 6.07) is 7.79. The van der Waals surface area contributed by atoms with Crippen molar-refractivity contribution in [1.29, 1.82) is 0 Å². The molecule has 1 aromatic rings. The molecule has 1 aromatic carbocycles. The van der Waals surface area contributed by atoms with Gasteiger partial charge in [0.1, 0.15) is 0 Å². The number of hydrogen-bond acceptors (Lipinski definition) is 1. The Hall–Kier alpha value is -1.35. The zero-order chi connectivity index (χ0) is 9.84. The molecule has 68 valence electrons. The normalized spacial score (nSPS) is 12.2. The molecule has 1 rings (SSSR count). The summed E-state index contributed by atoms with van der Waals surface area (Å²) in [6.07, 6.45) is 0. The molecule has 0 radical (unpaired) electrons. The summed E-state index contributed by atoms with van der Waals surface area (Å²) in [5.74, 6) is -2.39. The van der Waals surface area contributed by atoms with Gasteiger partial charge in [0.05, 0.1) is 0 Å². The number of hydrogen-bond donors (Lipinski definition) is 1. The van der Waals surface area contributed by atoms with E-state index in [9.17, 15) is 9.18 Å². The number of halogens is 2. The SMILES string of the molecule is O=C(O)/C(Cl)=C(\F)c1ccccc1. The lowest BCUT2D eigenvalue weighted by atomic mass is 10.2. The van der Waals surface area contributed by atoms with Crippen molar-refractivity contribution in [2.45, 2.75) is 0 Å². The third kappa shape index (κ3) is 2.29. The smallest absolute Gasteiger partial charge is 0.350 e. The third-order valence-corrected chi connectivity index (χ3v) is 1.74. The second kappa shape index (κ2) is 4.05. The van der Waals surface area contributed by atoms with Crippen molar-refractivity contribution in [3.05, 3.63) is 40.9 Å². The van der Waals surface area contributed by atoms with Crippen molar-refractivity contribution in [1.82, 2.24) is 0 Å². The summed E-state index contributed by atoms with van der Waals surface area (Å²) >= 11 is 5.21. The van der Waals surface area contributed by atoms with E-state index in [0.717, 1.165) is 0 Å². The van der Waals surface area contributed by atoms with E-state index in [-0.39, 0.29) is 5.56 Å². The Morgan fingerprint density at radius 3 is 2.31 bits per heavy atom. The zero-order valence-corrected chi connectivity index (χ0v) is 7.25. The molecule has 0 aliphatic carbocycles. The van der Waals surface area contributed by atoms with Crippen LogP contribution in [0.5, 0.6) is 0 Å². The molecule has 0 saturated carbocycles.